The van der Waals surface area contributed by atoms with Crippen molar-refractivity contribution in [2.75, 3.05) is 18.1 Å². The smallest absolute Gasteiger partial charge is 0.255 e. The molecular weight excluding hydrogens is 384 g/mol. The van der Waals surface area contributed by atoms with E-state index in [4.69, 9.17) is 10.1 Å². The number of carbonyl (C=O) groups excluding carboxylic acids is 1. The van der Waals surface area contributed by atoms with Crippen LogP contribution in [0.1, 0.15) is 10.4 Å². The Morgan fingerprint density at radius 2 is 1.62 bits per heavy atom. The lowest BCUT2D eigenvalue weighted by Gasteiger charge is -2.08. The van der Waals surface area contributed by atoms with Crippen LogP contribution in [0.15, 0.2) is 94.0 Å². The Hall–Kier alpha value is -3.45. The minimum atomic E-state index is -0.189. The number of ether oxygens (including phenoxy) is 1. The van der Waals surface area contributed by atoms with Crippen molar-refractivity contribution in [3.63, 3.8) is 0 Å². The summed E-state index contributed by atoms with van der Waals surface area (Å²) in [6.07, 6.45) is 0. The van der Waals surface area contributed by atoms with Gasteiger partial charge >= 0.3 is 0 Å². The summed E-state index contributed by atoms with van der Waals surface area (Å²) in [7, 11) is 1.54. The molecule has 29 heavy (non-hydrogen) atoms. The van der Waals surface area contributed by atoms with Gasteiger partial charge in [0.1, 0.15) is 11.5 Å². The Bertz CT molecular complexity index is 988. The van der Waals surface area contributed by atoms with Gasteiger partial charge in [0.15, 0.2) is 5.84 Å². The van der Waals surface area contributed by atoms with Gasteiger partial charge in [0.25, 0.3) is 5.91 Å². The molecule has 3 aromatic rings. The number of nitrogens with zero attached hydrogens (tertiary/aromatic N) is 2. The summed E-state index contributed by atoms with van der Waals surface area (Å²) in [6, 6.07) is 24.0. The molecule has 0 bridgehead atoms. The Balaban J connectivity index is 1.55. The second kappa shape index (κ2) is 10.2. The number of amidine groups is 1. The van der Waals surface area contributed by atoms with E-state index >= 15 is 0 Å². The van der Waals surface area contributed by atoms with E-state index in [0.29, 0.717) is 22.8 Å². The number of carbonyl (C=O) groups is 1. The molecule has 0 aromatic heterocycles. The predicted octanol–water partition coefficient (Wildman–Crippen LogP) is 5.88. The second-order valence-corrected chi connectivity index (χ2v) is 7.00. The van der Waals surface area contributed by atoms with Crippen LogP contribution < -0.4 is 10.1 Å². The summed E-state index contributed by atoms with van der Waals surface area (Å²) >= 11 is 1.47. The molecule has 0 unspecified atom stereocenters. The average molecular weight is 404 g/mol. The fraction of sp³-hybridized carbons (Fsp3) is 0.0909. The quantitative estimate of drug-likeness (QED) is 0.223. The van der Waals surface area contributed by atoms with E-state index in [1.165, 1.54) is 18.8 Å². The zero-order valence-electron chi connectivity index (χ0n) is 15.8. The van der Waals surface area contributed by atoms with Crippen molar-refractivity contribution in [2.24, 2.45) is 10.2 Å². The summed E-state index contributed by atoms with van der Waals surface area (Å²) in [4.78, 5) is 13.4. The zero-order chi connectivity index (χ0) is 20.5. The van der Waals surface area contributed by atoms with E-state index < -0.39 is 0 Å². The number of hydrogen-bond acceptors (Lipinski definition) is 5. The summed E-state index contributed by atoms with van der Waals surface area (Å²) < 4.78 is 5.75. The molecule has 7 heteroatoms. The lowest BCUT2D eigenvalue weighted by atomic mass is 10.2. The maximum absolute atomic E-state index is 12.4. The fourth-order valence-corrected chi connectivity index (χ4v) is 3.13. The highest BCUT2D eigenvalue weighted by Crippen LogP contribution is 2.23. The number of rotatable bonds is 7. The Morgan fingerprint density at radius 1 is 0.966 bits per heavy atom. The van der Waals surface area contributed by atoms with Crippen LogP contribution in [0.3, 0.4) is 0 Å². The van der Waals surface area contributed by atoms with E-state index in [0.717, 1.165) is 10.6 Å². The number of azo groups is 1. The molecular formula is C22H20N4O2S. The van der Waals surface area contributed by atoms with E-state index in [1.54, 1.807) is 24.3 Å². The van der Waals surface area contributed by atoms with Crippen LogP contribution in [0.4, 0.5) is 5.69 Å². The average Bonchev–Trinajstić information content (AvgIpc) is 2.75. The van der Waals surface area contributed by atoms with Crippen LogP contribution in [0.2, 0.25) is 0 Å². The minimum absolute atomic E-state index is 0.189. The lowest BCUT2D eigenvalue weighted by molar-refractivity contribution is 0.102. The van der Waals surface area contributed by atoms with Crippen molar-refractivity contribution in [3.8, 4) is 11.5 Å². The van der Waals surface area contributed by atoms with Gasteiger partial charge in [-0.1, -0.05) is 18.2 Å². The maximum atomic E-state index is 12.4. The monoisotopic (exact) mass is 404 g/mol. The van der Waals surface area contributed by atoms with E-state index in [2.05, 4.69) is 15.5 Å². The predicted molar refractivity (Wildman–Crippen MR) is 117 cm³/mol. The van der Waals surface area contributed by atoms with Crippen molar-refractivity contribution in [3.05, 3.63) is 84.4 Å². The summed E-state index contributed by atoms with van der Waals surface area (Å²) in [5.41, 5.74) is 1.24. The summed E-state index contributed by atoms with van der Waals surface area (Å²) in [5.74, 6) is 1.91. The van der Waals surface area contributed by atoms with Crippen molar-refractivity contribution in [2.45, 2.75) is 4.90 Å². The van der Waals surface area contributed by atoms with Gasteiger partial charge in [0.2, 0.25) is 0 Å². The third-order valence-corrected chi connectivity index (χ3v) is 4.83. The van der Waals surface area contributed by atoms with Gasteiger partial charge in [-0.2, -0.15) is 5.11 Å². The molecule has 1 amide bonds. The molecule has 0 saturated carbocycles. The SMILES string of the molecule is CN=NC(=N)CSc1ccc(C(=O)Nc2ccc(Oc3ccccc3)cc2)cc1. The normalized spacial score (nSPS) is 10.7. The van der Waals surface area contributed by atoms with Crippen molar-refractivity contribution in [1.82, 2.24) is 0 Å². The van der Waals surface area contributed by atoms with Crippen molar-refractivity contribution < 1.29 is 9.53 Å². The van der Waals surface area contributed by atoms with Crippen LogP contribution in [-0.4, -0.2) is 24.5 Å². The molecule has 3 rings (SSSR count). The number of benzene rings is 3. The molecule has 0 aliphatic rings. The number of amides is 1. The number of nitrogens with one attached hydrogen (secondary N) is 2. The first-order valence-corrected chi connectivity index (χ1v) is 9.87. The Labute approximate surface area is 173 Å². The van der Waals surface area contributed by atoms with Crippen LogP contribution in [0.5, 0.6) is 11.5 Å². The molecule has 0 saturated heterocycles. The molecule has 0 spiro atoms. The molecule has 0 atom stereocenters. The molecule has 2 N–H and O–H groups in total. The first-order valence-electron chi connectivity index (χ1n) is 8.88. The molecule has 0 heterocycles. The standard InChI is InChI=1S/C22H20N4O2S/c1-24-26-21(23)15-29-20-13-7-16(8-14-20)22(27)25-17-9-11-19(12-10-17)28-18-5-3-2-4-6-18/h2-14,23H,15H2,1H3,(H,25,27). The third kappa shape index (κ3) is 6.29. The minimum Gasteiger partial charge on any atom is -0.457 e. The highest BCUT2D eigenvalue weighted by Gasteiger charge is 2.07. The van der Waals surface area contributed by atoms with Gasteiger partial charge in [-0.05, 0) is 60.7 Å². The largest absolute Gasteiger partial charge is 0.457 e. The molecule has 0 aliphatic carbocycles. The van der Waals surface area contributed by atoms with E-state index in [1.807, 2.05) is 54.6 Å². The van der Waals surface area contributed by atoms with Crippen LogP contribution >= 0.6 is 11.8 Å². The van der Waals surface area contributed by atoms with E-state index in [9.17, 15) is 4.79 Å². The first kappa shape index (κ1) is 20.3. The molecule has 3 aromatic carbocycles. The van der Waals surface area contributed by atoms with Gasteiger partial charge in [-0.3, -0.25) is 10.2 Å². The first-order chi connectivity index (χ1) is 14.1. The zero-order valence-corrected chi connectivity index (χ0v) is 16.6. The maximum Gasteiger partial charge on any atom is 0.255 e. The van der Waals surface area contributed by atoms with Gasteiger partial charge in [-0.15, -0.1) is 16.9 Å². The van der Waals surface area contributed by atoms with E-state index in [-0.39, 0.29) is 11.7 Å². The number of para-hydroxylation sites is 1. The topological polar surface area (TPSA) is 86.9 Å². The Morgan fingerprint density at radius 3 is 2.28 bits per heavy atom. The van der Waals surface area contributed by atoms with Crippen LogP contribution in [0.25, 0.3) is 0 Å². The third-order valence-electron chi connectivity index (χ3n) is 3.80. The molecule has 0 radical (unpaired) electrons. The highest BCUT2D eigenvalue weighted by molar-refractivity contribution is 8.00. The molecule has 146 valence electrons. The van der Waals surface area contributed by atoms with Crippen LogP contribution in [-0.2, 0) is 0 Å². The van der Waals surface area contributed by atoms with Gasteiger partial charge in [-0.25, -0.2) is 0 Å². The summed E-state index contributed by atoms with van der Waals surface area (Å²) in [5, 5.41) is 17.7. The number of anilines is 1. The number of thioether (sulfide) groups is 1. The van der Waals surface area contributed by atoms with Crippen LogP contribution in [0, 0.1) is 5.41 Å². The van der Waals surface area contributed by atoms with Gasteiger partial charge in [0, 0.05) is 23.2 Å². The highest BCUT2D eigenvalue weighted by atomic mass is 32.2. The lowest BCUT2D eigenvalue weighted by Crippen LogP contribution is -2.11. The Kier molecular flexibility index (Phi) is 7.13. The number of hydrogen-bond donors (Lipinski definition) is 2. The second-order valence-electron chi connectivity index (χ2n) is 5.95. The van der Waals surface area contributed by atoms with Crippen molar-refractivity contribution in [1.29, 1.82) is 5.41 Å². The van der Waals surface area contributed by atoms with Gasteiger partial charge in [0.05, 0.1) is 5.75 Å². The fourth-order valence-electron chi connectivity index (χ4n) is 2.44. The molecule has 0 aliphatic heterocycles. The summed E-state index contributed by atoms with van der Waals surface area (Å²) in [6.45, 7) is 0. The molecule has 0 fully saturated rings. The van der Waals surface area contributed by atoms with Crippen molar-refractivity contribution >= 4 is 29.2 Å². The molecule has 6 nitrogen and oxygen atoms in total. The van der Waals surface area contributed by atoms with Gasteiger partial charge < -0.3 is 10.1 Å².